The van der Waals surface area contributed by atoms with E-state index in [2.05, 4.69) is 21.5 Å². The number of amides is 4. The van der Waals surface area contributed by atoms with Gasteiger partial charge in [-0.25, -0.2) is 4.57 Å². The van der Waals surface area contributed by atoms with Gasteiger partial charge in [-0.3, -0.25) is 29.0 Å². The number of carbonyl (C=O) groups excluding carboxylic acids is 6. The SMILES string of the molecule is CCCCCN1C(=O)C=CC1=O.N#COCCCCCN1C(=O)C=CC1=O.O=C=O.[N-]=[N+]=NP(=O)(Oc1ccccc1)Oc1ccccc1. The van der Waals surface area contributed by atoms with E-state index in [1.807, 2.05) is 0 Å². The highest BCUT2D eigenvalue weighted by Gasteiger charge is 2.27. The standard InChI is InChI=1S/C12H10N3O3P.C10H12N2O3.C9H13NO2.CO2/c13-14-15-19(16,17-11-7-3-1-4-8-11)18-12-9-5-2-6-10-12;11-8-15-7-3-1-2-6-12-9(13)4-5-10(12)14;1-2-3-4-7-10-8(11)5-6-9(10)12;2-1-3/h1-10H;4-5H,1-3,6-7H2;5-6H,2-4,7H2,1H3;. The molecule has 2 aromatic carbocycles. The van der Waals surface area contributed by atoms with E-state index in [0.29, 0.717) is 31.2 Å². The monoisotopic (exact) mass is 694 g/mol. The quantitative estimate of drug-likeness (QED) is 0.0420. The Morgan fingerprint density at radius 3 is 1.51 bits per heavy atom. The van der Waals surface area contributed by atoms with E-state index in [4.69, 9.17) is 29.4 Å². The Morgan fingerprint density at radius 1 is 0.735 bits per heavy atom. The molecule has 0 N–H and O–H groups in total. The normalized spacial score (nSPS) is 12.6. The van der Waals surface area contributed by atoms with E-state index in [1.54, 1.807) is 66.9 Å². The lowest BCUT2D eigenvalue weighted by Gasteiger charge is -2.14. The Balaban J connectivity index is 0.000000362. The predicted molar refractivity (Wildman–Crippen MR) is 173 cm³/mol. The second-order valence-corrected chi connectivity index (χ2v) is 11.1. The first-order valence-electron chi connectivity index (χ1n) is 14.9. The molecule has 2 aromatic rings. The summed E-state index contributed by atoms with van der Waals surface area (Å²) in [6.07, 6.45) is 12.5. The number of unbranched alkanes of at least 4 members (excludes halogenated alkanes) is 4. The number of carbonyl (C=O) groups is 4. The largest absolute Gasteiger partial charge is 0.525 e. The maximum Gasteiger partial charge on any atom is 0.525 e. The van der Waals surface area contributed by atoms with Crippen molar-refractivity contribution < 1.29 is 47.1 Å². The van der Waals surface area contributed by atoms with Crippen molar-refractivity contribution in [1.82, 2.24) is 9.80 Å². The molecule has 0 aromatic heterocycles. The molecule has 0 atom stereocenters. The fourth-order valence-corrected chi connectivity index (χ4v) is 4.81. The van der Waals surface area contributed by atoms with Crippen molar-refractivity contribution >= 4 is 37.5 Å². The highest BCUT2D eigenvalue weighted by molar-refractivity contribution is 7.53. The average molecular weight is 695 g/mol. The molecule has 0 unspecified atom stereocenters. The number of nitrogens with zero attached hydrogens (tertiary/aromatic N) is 6. The van der Waals surface area contributed by atoms with Crippen molar-refractivity contribution in [2.45, 2.75) is 45.4 Å². The minimum atomic E-state index is -3.95. The van der Waals surface area contributed by atoms with E-state index in [0.717, 1.165) is 38.5 Å². The van der Waals surface area contributed by atoms with Crippen LogP contribution in [-0.4, -0.2) is 59.3 Å². The van der Waals surface area contributed by atoms with Crippen LogP contribution in [0.25, 0.3) is 10.4 Å². The van der Waals surface area contributed by atoms with E-state index < -0.39 is 7.75 Å². The summed E-state index contributed by atoms with van der Waals surface area (Å²) in [5, 5.41) is 8.09. The van der Waals surface area contributed by atoms with Crippen LogP contribution in [0.5, 0.6) is 11.5 Å². The molecule has 0 radical (unpaired) electrons. The minimum Gasteiger partial charge on any atom is -0.428 e. The fraction of sp³-hybridized carbons (Fsp3) is 0.312. The molecular formula is C32H35N6O10P. The number of benzene rings is 2. The topological polar surface area (TPSA) is 226 Å². The fourth-order valence-electron chi connectivity index (χ4n) is 3.82. The van der Waals surface area contributed by atoms with Crippen LogP contribution in [0.15, 0.2) is 89.9 Å². The molecule has 0 saturated carbocycles. The summed E-state index contributed by atoms with van der Waals surface area (Å²) in [5.74, 6) is -0.225. The molecule has 4 rings (SSSR count). The lowest BCUT2D eigenvalue weighted by atomic mass is 10.2. The van der Waals surface area contributed by atoms with Crippen molar-refractivity contribution in [1.29, 1.82) is 5.26 Å². The van der Waals surface area contributed by atoms with Crippen LogP contribution in [0.3, 0.4) is 0 Å². The van der Waals surface area contributed by atoms with Crippen LogP contribution < -0.4 is 9.05 Å². The number of nitriles is 1. The van der Waals surface area contributed by atoms with E-state index in [9.17, 15) is 23.7 Å². The van der Waals surface area contributed by atoms with Gasteiger partial charge in [-0.05, 0) is 55.5 Å². The average Bonchev–Trinajstić information content (AvgIpc) is 3.58. The van der Waals surface area contributed by atoms with Gasteiger partial charge in [0.05, 0.1) is 0 Å². The van der Waals surface area contributed by atoms with Gasteiger partial charge in [0.1, 0.15) is 18.1 Å². The second kappa shape index (κ2) is 24.2. The lowest BCUT2D eigenvalue weighted by Crippen LogP contribution is -2.30. The smallest absolute Gasteiger partial charge is 0.428 e. The molecular weight excluding hydrogens is 659 g/mol. The Labute approximate surface area is 282 Å². The Hall–Kier alpha value is -5.99. The van der Waals surface area contributed by atoms with Gasteiger partial charge in [0, 0.05) is 47.2 Å². The lowest BCUT2D eigenvalue weighted by molar-refractivity contribution is -0.191. The molecule has 16 nitrogen and oxygen atoms in total. The van der Waals surface area contributed by atoms with Gasteiger partial charge >= 0.3 is 13.9 Å². The third-order valence-electron chi connectivity index (χ3n) is 6.06. The third kappa shape index (κ3) is 16.9. The first kappa shape index (κ1) is 41.0. The molecule has 0 bridgehead atoms. The van der Waals surface area contributed by atoms with Crippen LogP contribution in [0.2, 0.25) is 0 Å². The van der Waals surface area contributed by atoms with Gasteiger partial charge in [0.25, 0.3) is 29.9 Å². The number of azide groups is 1. The molecule has 2 heterocycles. The van der Waals surface area contributed by atoms with Gasteiger partial charge in [0.15, 0.2) is 0 Å². The summed E-state index contributed by atoms with van der Waals surface area (Å²) in [4.78, 5) is 68.6. The molecule has 258 valence electrons. The van der Waals surface area contributed by atoms with E-state index in [-0.39, 0.29) is 29.8 Å². The molecule has 2 aliphatic heterocycles. The molecule has 0 saturated heterocycles. The first-order chi connectivity index (χ1) is 23.6. The van der Waals surface area contributed by atoms with Gasteiger partial charge in [-0.2, -0.15) is 14.9 Å². The Morgan fingerprint density at radius 2 is 1.14 bits per heavy atom. The van der Waals surface area contributed by atoms with E-state index >= 15 is 0 Å². The van der Waals surface area contributed by atoms with Gasteiger partial charge < -0.3 is 13.8 Å². The molecule has 17 heteroatoms. The third-order valence-corrected chi connectivity index (χ3v) is 7.24. The highest BCUT2D eigenvalue weighted by Crippen LogP contribution is 2.49. The van der Waals surface area contributed by atoms with Gasteiger partial charge in [-0.1, -0.05) is 56.2 Å². The molecule has 4 amide bonds. The van der Waals surface area contributed by atoms with Crippen LogP contribution >= 0.6 is 7.75 Å². The zero-order valence-corrected chi connectivity index (χ0v) is 27.6. The summed E-state index contributed by atoms with van der Waals surface area (Å²) in [6.45, 7) is 3.50. The predicted octanol–water partition coefficient (Wildman–Crippen LogP) is 5.66. The van der Waals surface area contributed by atoms with Crippen molar-refractivity contribution in [2.24, 2.45) is 4.88 Å². The Kier molecular flexibility index (Phi) is 20.3. The number of rotatable bonds is 15. The number of hydrogen-bond acceptors (Lipinski definition) is 11. The van der Waals surface area contributed by atoms with Crippen molar-refractivity contribution in [3.63, 3.8) is 0 Å². The minimum absolute atomic E-state index is 0.170. The molecule has 49 heavy (non-hydrogen) atoms. The van der Waals surface area contributed by atoms with Gasteiger partial charge in [0.2, 0.25) is 0 Å². The number of ether oxygens (including phenoxy) is 1. The van der Waals surface area contributed by atoms with Gasteiger partial charge in [-0.15, -0.1) is 0 Å². The van der Waals surface area contributed by atoms with Crippen molar-refractivity contribution in [2.75, 3.05) is 19.7 Å². The number of imide groups is 2. The number of para-hydroxylation sites is 2. The summed E-state index contributed by atoms with van der Waals surface area (Å²) >= 11 is 0. The molecule has 0 spiro atoms. The summed E-state index contributed by atoms with van der Waals surface area (Å²) in [5.41, 5.74) is 8.48. The van der Waals surface area contributed by atoms with Crippen LogP contribution in [0, 0.1) is 11.5 Å². The van der Waals surface area contributed by atoms with Crippen LogP contribution in [0.4, 0.5) is 0 Å². The summed E-state index contributed by atoms with van der Waals surface area (Å²) < 4.78 is 27.1. The van der Waals surface area contributed by atoms with Crippen molar-refractivity contribution in [3.05, 3.63) is 95.4 Å². The Bertz CT molecular complexity index is 1520. The zero-order valence-electron chi connectivity index (χ0n) is 26.7. The van der Waals surface area contributed by atoms with Crippen LogP contribution in [-0.2, 0) is 38.1 Å². The maximum atomic E-state index is 12.3. The molecule has 0 fully saturated rings. The zero-order chi connectivity index (χ0) is 36.3. The summed E-state index contributed by atoms with van der Waals surface area (Å²) in [7, 11) is -3.95. The maximum absolute atomic E-state index is 12.3. The van der Waals surface area contributed by atoms with E-state index in [1.165, 1.54) is 34.1 Å². The highest BCUT2D eigenvalue weighted by atomic mass is 31.2. The molecule has 2 aliphatic rings. The summed E-state index contributed by atoms with van der Waals surface area (Å²) in [6, 6.07) is 16.8. The molecule has 0 aliphatic carbocycles. The van der Waals surface area contributed by atoms with Crippen LogP contribution in [0.1, 0.15) is 45.4 Å². The number of hydrogen-bond donors (Lipinski definition) is 0. The second-order valence-electron chi connectivity index (χ2n) is 9.57. The first-order valence-corrected chi connectivity index (χ1v) is 16.4. The van der Waals surface area contributed by atoms with Crippen molar-refractivity contribution in [3.8, 4) is 17.8 Å².